The second-order valence-corrected chi connectivity index (χ2v) is 7.61. The molecule has 0 aliphatic carbocycles. The maximum Gasteiger partial charge on any atom is 0.242 e. The predicted octanol–water partition coefficient (Wildman–Crippen LogP) is 1.29. The summed E-state index contributed by atoms with van der Waals surface area (Å²) in [6.45, 7) is 4.02. The number of hydrogen-bond acceptors (Lipinski definition) is 5. The lowest BCUT2D eigenvalue weighted by Crippen LogP contribution is -2.26. The van der Waals surface area contributed by atoms with Crippen LogP contribution in [0.15, 0.2) is 23.4 Å². The Kier molecular flexibility index (Phi) is 4.28. The molecule has 2 rings (SSSR count). The summed E-state index contributed by atoms with van der Waals surface area (Å²) in [5.74, 6) is 0. The summed E-state index contributed by atoms with van der Waals surface area (Å²) < 4.78 is 29.0. The van der Waals surface area contributed by atoms with Gasteiger partial charge < -0.3 is 10.3 Å². The highest BCUT2D eigenvalue weighted by molar-refractivity contribution is 7.89. The molecule has 0 aromatic carbocycles. The maximum atomic E-state index is 12.3. The van der Waals surface area contributed by atoms with Crippen molar-refractivity contribution in [3.63, 3.8) is 0 Å². The van der Waals surface area contributed by atoms with Gasteiger partial charge >= 0.3 is 0 Å². The standard InChI is InChI=1S/C12H18N4O2S2/c1-8-6-14-12(19-8)9(2)15-20(17,18)11-4-10(5-13)16(3)7-11/h4,6-7,9,15H,5,13H2,1-3H3. The van der Waals surface area contributed by atoms with Gasteiger partial charge in [-0.1, -0.05) is 0 Å². The molecule has 0 aliphatic rings. The lowest BCUT2D eigenvalue weighted by Gasteiger charge is -2.10. The fraction of sp³-hybridized carbons (Fsp3) is 0.417. The van der Waals surface area contributed by atoms with Crippen LogP contribution in [-0.2, 0) is 23.6 Å². The van der Waals surface area contributed by atoms with E-state index in [2.05, 4.69) is 9.71 Å². The second-order valence-electron chi connectivity index (χ2n) is 4.63. The van der Waals surface area contributed by atoms with E-state index >= 15 is 0 Å². The summed E-state index contributed by atoms with van der Waals surface area (Å²) in [7, 11) is -1.80. The van der Waals surface area contributed by atoms with Gasteiger partial charge in [-0.2, -0.15) is 0 Å². The van der Waals surface area contributed by atoms with E-state index in [1.165, 1.54) is 11.3 Å². The van der Waals surface area contributed by atoms with Crippen molar-refractivity contribution in [3.05, 3.63) is 34.0 Å². The Bertz CT molecular complexity index is 703. The van der Waals surface area contributed by atoms with Crippen molar-refractivity contribution in [3.8, 4) is 0 Å². The Hall–Kier alpha value is -1.22. The lowest BCUT2D eigenvalue weighted by atomic mass is 10.4. The van der Waals surface area contributed by atoms with E-state index < -0.39 is 10.0 Å². The van der Waals surface area contributed by atoms with Crippen LogP contribution in [0.5, 0.6) is 0 Å². The molecule has 3 N–H and O–H groups in total. The third-order valence-electron chi connectivity index (χ3n) is 2.94. The van der Waals surface area contributed by atoms with Crippen LogP contribution in [0.2, 0.25) is 0 Å². The number of aromatic nitrogens is 2. The molecule has 0 saturated carbocycles. The van der Waals surface area contributed by atoms with Crippen molar-refractivity contribution >= 4 is 21.4 Å². The Balaban J connectivity index is 2.22. The molecule has 1 unspecified atom stereocenters. The zero-order valence-electron chi connectivity index (χ0n) is 11.6. The minimum absolute atomic E-state index is 0.223. The normalized spacial score (nSPS) is 13.6. The van der Waals surface area contributed by atoms with Crippen LogP contribution < -0.4 is 10.5 Å². The lowest BCUT2D eigenvalue weighted by molar-refractivity contribution is 0.566. The largest absolute Gasteiger partial charge is 0.352 e. The summed E-state index contributed by atoms with van der Waals surface area (Å²) in [6.07, 6.45) is 3.30. The van der Waals surface area contributed by atoms with Gasteiger partial charge in [0.1, 0.15) is 5.01 Å². The van der Waals surface area contributed by atoms with Gasteiger partial charge in [0.15, 0.2) is 0 Å². The van der Waals surface area contributed by atoms with Gasteiger partial charge in [0.25, 0.3) is 0 Å². The molecule has 0 radical (unpaired) electrons. The fourth-order valence-electron chi connectivity index (χ4n) is 1.85. The molecule has 0 amide bonds. The van der Waals surface area contributed by atoms with E-state index in [-0.39, 0.29) is 10.9 Å². The quantitative estimate of drug-likeness (QED) is 0.870. The molecule has 0 aliphatic heterocycles. The molecule has 2 heterocycles. The summed E-state index contributed by atoms with van der Waals surface area (Å²) >= 11 is 1.48. The number of nitrogens with two attached hydrogens (primary N) is 1. The third kappa shape index (κ3) is 3.09. The van der Waals surface area contributed by atoms with Crippen molar-refractivity contribution in [2.24, 2.45) is 12.8 Å². The van der Waals surface area contributed by atoms with E-state index in [0.717, 1.165) is 15.6 Å². The van der Waals surface area contributed by atoms with Gasteiger partial charge in [0, 0.05) is 36.6 Å². The topological polar surface area (TPSA) is 90.0 Å². The molecule has 2 aromatic heterocycles. The molecule has 0 spiro atoms. The first-order valence-corrected chi connectivity index (χ1v) is 8.43. The molecule has 0 bridgehead atoms. The number of rotatable bonds is 5. The molecule has 2 aromatic rings. The zero-order chi connectivity index (χ0) is 14.9. The zero-order valence-corrected chi connectivity index (χ0v) is 13.3. The van der Waals surface area contributed by atoms with E-state index in [1.807, 2.05) is 6.92 Å². The van der Waals surface area contributed by atoms with Crippen LogP contribution in [0.25, 0.3) is 0 Å². The fourth-order valence-corrected chi connectivity index (χ4v) is 4.00. The number of thiazole rings is 1. The molecule has 0 fully saturated rings. The minimum atomic E-state index is -3.57. The van der Waals surface area contributed by atoms with Crippen LogP contribution in [-0.4, -0.2) is 18.0 Å². The Morgan fingerprint density at radius 1 is 1.55 bits per heavy atom. The average Bonchev–Trinajstić information content (AvgIpc) is 2.95. The van der Waals surface area contributed by atoms with Gasteiger partial charge in [0.05, 0.1) is 10.9 Å². The first kappa shape index (κ1) is 15.2. The minimum Gasteiger partial charge on any atom is -0.352 e. The summed E-state index contributed by atoms with van der Waals surface area (Å²) in [5, 5.41) is 0.751. The molecule has 110 valence electrons. The first-order valence-electron chi connectivity index (χ1n) is 6.13. The van der Waals surface area contributed by atoms with Crippen LogP contribution in [0.4, 0.5) is 0 Å². The van der Waals surface area contributed by atoms with Gasteiger partial charge in [-0.15, -0.1) is 11.3 Å². The van der Waals surface area contributed by atoms with Crippen LogP contribution >= 0.6 is 11.3 Å². The smallest absolute Gasteiger partial charge is 0.242 e. The van der Waals surface area contributed by atoms with Crippen molar-refractivity contribution < 1.29 is 8.42 Å². The predicted molar refractivity (Wildman–Crippen MR) is 78.9 cm³/mol. The van der Waals surface area contributed by atoms with Crippen molar-refractivity contribution in [2.75, 3.05) is 0 Å². The summed E-state index contributed by atoms with van der Waals surface area (Å²) in [4.78, 5) is 5.47. The third-order valence-corrected chi connectivity index (χ3v) is 5.55. The number of nitrogens with zero attached hydrogens (tertiary/aromatic N) is 2. The maximum absolute atomic E-state index is 12.3. The van der Waals surface area contributed by atoms with Gasteiger partial charge in [-0.25, -0.2) is 18.1 Å². The Morgan fingerprint density at radius 2 is 2.25 bits per heavy atom. The molecular weight excluding hydrogens is 296 g/mol. The number of aryl methyl sites for hydroxylation is 2. The van der Waals surface area contributed by atoms with E-state index in [0.29, 0.717) is 6.54 Å². The monoisotopic (exact) mass is 314 g/mol. The highest BCUT2D eigenvalue weighted by Gasteiger charge is 2.22. The summed E-state index contributed by atoms with van der Waals surface area (Å²) in [5.41, 5.74) is 6.32. The molecule has 20 heavy (non-hydrogen) atoms. The second kappa shape index (κ2) is 5.65. The molecule has 8 heteroatoms. The van der Waals surface area contributed by atoms with Gasteiger partial charge in [-0.05, 0) is 19.9 Å². The highest BCUT2D eigenvalue weighted by Crippen LogP contribution is 2.22. The Labute approximate surface area is 122 Å². The van der Waals surface area contributed by atoms with Crippen molar-refractivity contribution in [1.82, 2.24) is 14.3 Å². The van der Waals surface area contributed by atoms with Crippen LogP contribution in [0.3, 0.4) is 0 Å². The van der Waals surface area contributed by atoms with E-state index in [1.54, 1.807) is 37.0 Å². The van der Waals surface area contributed by atoms with Crippen molar-refractivity contribution in [2.45, 2.75) is 31.3 Å². The SMILES string of the molecule is Cc1cnc(C(C)NS(=O)(=O)c2cc(CN)n(C)c2)s1. The number of sulfonamides is 1. The van der Waals surface area contributed by atoms with E-state index in [4.69, 9.17) is 5.73 Å². The highest BCUT2D eigenvalue weighted by atomic mass is 32.2. The molecule has 1 atom stereocenters. The summed E-state index contributed by atoms with van der Waals surface area (Å²) in [6, 6.07) is 1.22. The van der Waals surface area contributed by atoms with Crippen molar-refractivity contribution in [1.29, 1.82) is 0 Å². The van der Waals surface area contributed by atoms with Gasteiger partial charge in [0.2, 0.25) is 10.0 Å². The molecular formula is C12H18N4O2S2. The van der Waals surface area contributed by atoms with E-state index in [9.17, 15) is 8.42 Å². The van der Waals surface area contributed by atoms with Crippen LogP contribution in [0, 0.1) is 6.92 Å². The molecule has 0 saturated heterocycles. The van der Waals surface area contributed by atoms with Gasteiger partial charge in [-0.3, -0.25) is 0 Å². The Morgan fingerprint density at radius 3 is 2.75 bits per heavy atom. The van der Waals surface area contributed by atoms with Crippen LogP contribution in [0.1, 0.15) is 28.5 Å². The first-order chi connectivity index (χ1) is 9.33. The number of nitrogens with one attached hydrogen (secondary N) is 1. The average molecular weight is 314 g/mol. The number of hydrogen-bond donors (Lipinski definition) is 2. The molecule has 6 nitrogen and oxygen atoms in total.